The molecule has 0 saturated carbocycles. The quantitative estimate of drug-likeness (QED) is 0.557. The maximum Gasteiger partial charge on any atom is 0.234 e. The number of rotatable bonds is 7. The van der Waals surface area contributed by atoms with Gasteiger partial charge in [0.05, 0.1) is 36.9 Å². The number of halogens is 2. The molecule has 2 atom stereocenters. The van der Waals surface area contributed by atoms with E-state index < -0.39 is 17.8 Å². The molecule has 168 valence electrons. The summed E-state index contributed by atoms with van der Waals surface area (Å²) in [4.78, 5) is 22.5. The van der Waals surface area contributed by atoms with Crippen molar-refractivity contribution in [2.75, 3.05) is 26.1 Å². The van der Waals surface area contributed by atoms with Crippen molar-refractivity contribution in [3.05, 3.63) is 53.1 Å². The van der Waals surface area contributed by atoms with Gasteiger partial charge >= 0.3 is 0 Å². The first-order valence-corrected chi connectivity index (χ1v) is 10.3. The van der Waals surface area contributed by atoms with E-state index in [0.29, 0.717) is 42.0 Å². The third-order valence-electron chi connectivity index (χ3n) is 5.54. The number of carbonyl (C=O) groups excluding carboxylic acids is 1. The number of fused-ring (bicyclic) bond motifs is 1. The van der Waals surface area contributed by atoms with E-state index >= 15 is 0 Å². The Morgan fingerprint density at radius 1 is 1.44 bits per heavy atom. The zero-order valence-corrected chi connectivity index (χ0v) is 18.1. The average Bonchev–Trinajstić information content (AvgIpc) is 3.19. The molecule has 4 rings (SSSR count). The first kappa shape index (κ1) is 20.9. The number of methoxy groups -OCH3 is 2. The van der Waals surface area contributed by atoms with Gasteiger partial charge in [0.15, 0.2) is 5.82 Å². The molecule has 1 aliphatic heterocycles. The van der Waals surface area contributed by atoms with E-state index in [0.717, 1.165) is 5.56 Å². The largest absolute Gasteiger partial charge is 0.496 e. The van der Waals surface area contributed by atoms with Crippen LogP contribution in [0.4, 0.5) is 15.9 Å². The number of aromatic nitrogens is 2. The topological polar surface area (TPSA) is 103 Å². The Hall–Kier alpha value is -3.01. The van der Waals surface area contributed by atoms with E-state index in [4.69, 9.17) is 28.2 Å². The van der Waals surface area contributed by atoms with Crippen LogP contribution in [0.25, 0.3) is 10.9 Å². The van der Waals surface area contributed by atoms with Crippen LogP contribution >= 0.6 is 11.6 Å². The van der Waals surface area contributed by atoms with Crippen LogP contribution in [0, 0.1) is 5.82 Å². The van der Waals surface area contributed by atoms with Gasteiger partial charge in [-0.3, -0.25) is 9.69 Å². The summed E-state index contributed by atoms with van der Waals surface area (Å²) in [5.74, 6) is -0.0584. The Kier molecular flexibility index (Phi) is 6.02. The van der Waals surface area contributed by atoms with Gasteiger partial charge in [-0.2, -0.15) is 0 Å². The van der Waals surface area contributed by atoms with Gasteiger partial charge in [0, 0.05) is 37.2 Å². The van der Waals surface area contributed by atoms with Crippen LogP contribution in [0.5, 0.6) is 5.75 Å². The number of benzene rings is 2. The van der Waals surface area contributed by atoms with Crippen LogP contribution in [0.3, 0.4) is 0 Å². The molecular formula is C22H23ClFN5O3. The van der Waals surface area contributed by atoms with Gasteiger partial charge in [0.25, 0.3) is 0 Å². The van der Waals surface area contributed by atoms with E-state index in [9.17, 15) is 9.18 Å². The van der Waals surface area contributed by atoms with Crippen LogP contribution in [0.1, 0.15) is 13.4 Å². The Bertz CT molecular complexity index is 1180. The Labute approximate surface area is 190 Å². The second-order valence-corrected chi connectivity index (χ2v) is 7.91. The highest BCUT2D eigenvalue weighted by atomic mass is 35.5. The number of anilines is 2. The zero-order chi connectivity index (χ0) is 23.5. The van der Waals surface area contributed by atoms with Crippen molar-refractivity contribution in [2.45, 2.75) is 25.1 Å². The fourth-order valence-corrected chi connectivity index (χ4v) is 4.12. The number of nitrogens with zero attached hydrogens (tertiary/aromatic N) is 3. The smallest absolute Gasteiger partial charge is 0.234 e. The van der Waals surface area contributed by atoms with Gasteiger partial charge < -0.3 is 20.5 Å². The summed E-state index contributed by atoms with van der Waals surface area (Å²) in [7, 11) is 1.36. The predicted molar refractivity (Wildman–Crippen MR) is 120 cm³/mol. The fourth-order valence-electron chi connectivity index (χ4n) is 3.94. The molecular weight excluding hydrogens is 437 g/mol. The van der Waals surface area contributed by atoms with Crippen LogP contribution in [-0.4, -0.2) is 53.7 Å². The molecule has 0 radical (unpaired) electrons. The molecule has 3 aromatic rings. The molecule has 1 fully saturated rings. The Balaban J connectivity index is 1.70. The monoisotopic (exact) mass is 460 g/mol. The van der Waals surface area contributed by atoms with E-state index in [2.05, 4.69) is 15.3 Å². The summed E-state index contributed by atoms with van der Waals surface area (Å²) in [6.45, 7) is 0.808. The van der Waals surface area contributed by atoms with Crippen LogP contribution in [0.15, 0.2) is 36.7 Å². The van der Waals surface area contributed by atoms with Crippen molar-refractivity contribution in [1.29, 1.82) is 0 Å². The molecule has 10 heteroatoms. The van der Waals surface area contributed by atoms with Gasteiger partial charge in [0.1, 0.15) is 17.9 Å². The number of carbonyl (C=O) groups is 1. The normalized spacial score (nSPS) is 19.2. The van der Waals surface area contributed by atoms with Crippen LogP contribution < -0.4 is 15.8 Å². The fraction of sp³-hybridized carbons (Fsp3) is 0.318. The number of nitrogens with two attached hydrogens (primary N) is 1. The highest BCUT2D eigenvalue weighted by molar-refractivity contribution is 6.31. The summed E-state index contributed by atoms with van der Waals surface area (Å²) in [5, 5.41) is 3.62. The summed E-state index contributed by atoms with van der Waals surface area (Å²) < 4.78 is 32.7. The molecule has 2 aromatic carbocycles. The highest BCUT2D eigenvalue weighted by Gasteiger charge is 2.36. The molecule has 8 nitrogen and oxygen atoms in total. The molecule has 0 spiro atoms. The number of amides is 1. The molecule has 3 N–H and O–H groups in total. The van der Waals surface area contributed by atoms with Crippen molar-refractivity contribution < 1.29 is 20.0 Å². The minimum absolute atomic E-state index is 0.00306. The zero-order valence-electron chi connectivity index (χ0n) is 18.3. The minimum Gasteiger partial charge on any atom is -0.496 e. The van der Waals surface area contributed by atoms with Crippen LogP contribution in [-0.2, 0) is 16.1 Å². The third-order valence-corrected chi connectivity index (χ3v) is 5.84. The summed E-state index contributed by atoms with van der Waals surface area (Å²) in [6, 6.07) is 7.75. The second-order valence-electron chi connectivity index (χ2n) is 7.50. The molecule has 32 heavy (non-hydrogen) atoms. The number of nitrogens with one attached hydrogen (secondary N) is 1. The molecule has 0 bridgehead atoms. The number of hydrogen-bond donors (Lipinski definition) is 2. The predicted octanol–water partition coefficient (Wildman–Crippen LogP) is 3.25. The second kappa shape index (κ2) is 9.23. The van der Waals surface area contributed by atoms with E-state index in [-0.39, 0.29) is 23.9 Å². The van der Waals surface area contributed by atoms with Crippen molar-refractivity contribution in [3.63, 3.8) is 0 Å². The lowest BCUT2D eigenvalue weighted by molar-refractivity contribution is -0.122. The average molecular weight is 461 g/mol. The lowest BCUT2D eigenvalue weighted by Gasteiger charge is -2.23. The Morgan fingerprint density at radius 3 is 3.03 bits per heavy atom. The summed E-state index contributed by atoms with van der Waals surface area (Å²) in [6.07, 6.45) is 1.55. The third kappa shape index (κ3) is 4.32. The molecule has 1 aliphatic rings. The lowest BCUT2D eigenvalue weighted by Crippen LogP contribution is -2.39. The van der Waals surface area contributed by atoms with Crippen molar-refractivity contribution >= 4 is 39.9 Å². The molecule has 1 amide bonds. The first-order chi connectivity index (χ1) is 15.9. The Morgan fingerprint density at radius 2 is 2.28 bits per heavy atom. The van der Waals surface area contributed by atoms with Gasteiger partial charge in [-0.05, 0) is 24.6 Å². The maximum absolute atomic E-state index is 14.4. The SMILES string of the molecule is [2H]CO[C@@H]1C[C@@H](C(N)=O)N(Cc2cc3c(Nc4cccc(Cl)c4F)ncnc3cc2OC)C1. The van der Waals surface area contributed by atoms with Crippen molar-refractivity contribution in [2.24, 2.45) is 5.73 Å². The van der Waals surface area contributed by atoms with Crippen LogP contribution in [0.2, 0.25) is 5.02 Å². The number of ether oxygens (including phenoxy) is 2. The van der Waals surface area contributed by atoms with Gasteiger partial charge in [0.2, 0.25) is 5.91 Å². The molecule has 1 aromatic heterocycles. The van der Waals surface area contributed by atoms with Gasteiger partial charge in [-0.1, -0.05) is 17.7 Å². The summed E-state index contributed by atoms with van der Waals surface area (Å²) in [5.41, 5.74) is 7.16. The van der Waals surface area contributed by atoms with Gasteiger partial charge in [-0.25, -0.2) is 14.4 Å². The lowest BCUT2D eigenvalue weighted by atomic mass is 10.1. The molecule has 1 saturated heterocycles. The summed E-state index contributed by atoms with van der Waals surface area (Å²) >= 11 is 5.90. The first-order valence-electron chi connectivity index (χ1n) is 10.6. The minimum atomic E-state index is -0.582. The van der Waals surface area contributed by atoms with Crippen molar-refractivity contribution in [1.82, 2.24) is 14.9 Å². The number of likely N-dealkylation sites (tertiary alicyclic amines) is 1. The van der Waals surface area contributed by atoms with Crippen molar-refractivity contribution in [3.8, 4) is 5.75 Å². The number of hydrogen-bond acceptors (Lipinski definition) is 7. The molecule has 0 aliphatic carbocycles. The van der Waals surface area contributed by atoms with Gasteiger partial charge in [-0.15, -0.1) is 0 Å². The van der Waals surface area contributed by atoms with E-state index in [1.54, 1.807) is 25.3 Å². The number of primary amides is 1. The molecule has 0 unspecified atom stereocenters. The highest BCUT2D eigenvalue weighted by Crippen LogP contribution is 2.33. The molecule has 2 heterocycles. The maximum atomic E-state index is 14.4. The standard InChI is InChI=1S/C22H23ClFN5O3/c1-31-13-7-18(21(25)30)29(10-13)9-12-6-14-17(8-19(12)32-2)26-11-27-22(14)28-16-5-3-4-15(23)20(16)24/h3-6,8,11,13,18H,7,9-10H2,1-2H3,(H2,25,30)(H,26,27,28)/t13-,18+/m1/s1/i1D. The van der Waals surface area contributed by atoms with E-state index in [1.165, 1.54) is 12.4 Å². The van der Waals surface area contributed by atoms with E-state index in [1.807, 2.05) is 11.0 Å².